The smallest absolute Gasteiger partial charge is 0.163 e. The topological polar surface area (TPSA) is 115 Å². The van der Waals surface area contributed by atoms with Gasteiger partial charge in [0.25, 0.3) is 0 Å². The SMILES string of the molecule is CNC[C@H](CCCCCC(=O)CC(=O)C=Cc1cc(OC)c(O)cc1Cc1cnc(N)cc1CCc1ccccc1)CCc1ccccc1. The standard InChI is InChI=1S/C42H51N3O4/c1-44-29-33(19-18-31-12-6-3-7-13-31)16-10-5-11-17-38(46)28-39(47)23-22-34-26-41(49-2)40(48)25-36(34)24-37-30-45-42(43)27-35(37)21-20-32-14-8-4-9-15-32/h3-4,6-9,12-15,22-23,25-27,30,33,44,48H,5,10-11,16-21,24,28-29H2,1-2H3,(H2,43,45)/t33-/m1/s1. The summed E-state index contributed by atoms with van der Waals surface area (Å²) in [4.78, 5) is 29.9. The number of hydrogen-bond acceptors (Lipinski definition) is 7. The number of hydrogen-bond donors (Lipinski definition) is 3. The predicted molar refractivity (Wildman–Crippen MR) is 199 cm³/mol. The third kappa shape index (κ3) is 12.7. The van der Waals surface area contributed by atoms with Gasteiger partial charge in [0.2, 0.25) is 0 Å². The Hall–Kier alpha value is -4.75. The summed E-state index contributed by atoms with van der Waals surface area (Å²) >= 11 is 0. The van der Waals surface area contributed by atoms with Crippen molar-refractivity contribution in [1.82, 2.24) is 10.3 Å². The zero-order valence-electron chi connectivity index (χ0n) is 29.0. The molecule has 1 atom stereocenters. The molecule has 7 heteroatoms. The van der Waals surface area contributed by atoms with Crippen LogP contribution in [0.3, 0.4) is 0 Å². The third-order valence-corrected chi connectivity index (χ3v) is 9.02. The van der Waals surface area contributed by atoms with Crippen molar-refractivity contribution in [2.24, 2.45) is 5.92 Å². The molecule has 0 spiro atoms. The quantitative estimate of drug-likeness (QED) is 0.0476. The van der Waals surface area contributed by atoms with Crippen LogP contribution < -0.4 is 15.8 Å². The molecule has 4 N–H and O–H groups in total. The van der Waals surface area contributed by atoms with Crippen molar-refractivity contribution in [3.8, 4) is 11.5 Å². The van der Waals surface area contributed by atoms with E-state index in [2.05, 4.69) is 46.7 Å². The molecular weight excluding hydrogens is 610 g/mol. The second-order valence-electron chi connectivity index (χ2n) is 12.8. The van der Waals surface area contributed by atoms with Crippen molar-refractivity contribution < 1.29 is 19.4 Å². The van der Waals surface area contributed by atoms with Gasteiger partial charge in [-0.2, -0.15) is 0 Å². The lowest BCUT2D eigenvalue weighted by Gasteiger charge is -2.16. The molecule has 4 aromatic rings. The maximum Gasteiger partial charge on any atom is 0.163 e. The summed E-state index contributed by atoms with van der Waals surface area (Å²) in [6.07, 6.45) is 13.5. The van der Waals surface area contributed by atoms with Crippen molar-refractivity contribution in [2.45, 2.75) is 70.6 Å². The lowest BCUT2D eigenvalue weighted by atomic mass is 9.93. The Bertz CT molecular complexity index is 1650. The molecule has 1 aromatic heterocycles. The van der Waals surface area contributed by atoms with Crippen LogP contribution >= 0.6 is 0 Å². The zero-order chi connectivity index (χ0) is 34.8. The number of aromatic hydroxyl groups is 1. The molecule has 0 fully saturated rings. The van der Waals surface area contributed by atoms with Crippen molar-refractivity contribution >= 4 is 23.5 Å². The number of carbonyl (C=O) groups is 2. The molecule has 0 aliphatic rings. The number of methoxy groups -OCH3 is 1. The van der Waals surface area contributed by atoms with Gasteiger partial charge in [-0.1, -0.05) is 79.6 Å². The van der Waals surface area contributed by atoms with Crippen molar-refractivity contribution in [3.05, 3.63) is 125 Å². The van der Waals surface area contributed by atoms with Gasteiger partial charge in [0, 0.05) is 12.6 Å². The van der Waals surface area contributed by atoms with Crippen molar-refractivity contribution in [3.63, 3.8) is 0 Å². The van der Waals surface area contributed by atoms with E-state index >= 15 is 0 Å². The largest absolute Gasteiger partial charge is 0.504 e. The fourth-order valence-corrected chi connectivity index (χ4v) is 6.27. The highest BCUT2D eigenvalue weighted by atomic mass is 16.5. The second-order valence-corrected chi connectivity index (χ2v) is 12.8. The van der Waals surface area contributed by atoms with E-state index in [0.717, 1.165) is 80.2 Å². The van der Waals surface area contributed by atoms with Crippen molar-refractivity contribution in [2.75, 3.05) is 26.4 Å². The number of anilines is 1. The van der Waals surface area contributed by atoms with E-state index in [4.69, 9.17) is 10.5 Å². The summed E-state index contributed by atoms with van der Waals surface area (Å²) in [7, 11) is 3.49. The van der Waals surface area contributed by atoms with Gasteiger partial charge in [0.1, 0.15) is 11.6 Å². The fourth-order valence-electron chi connectivity index (χ4n) is 6.27. The predicted octanol–water partition coefficient (Wildman–Crippen LogP) is 7.71. The van der Waals surface area contributed by atoms with Gasteiger partial charge in [-0.3, -0.25) is 9.59 Å². The van der Waals surface area contributed by atoms with E-state index in [1.165, 1.54) is 24.3 Å². The van der Waals surface area contributed by atoms with Gasteiger partial charge in [0.15, 0.2) is 17.3 Å². The Labute approximate surface area is 291 Å². The summed E-state index contributed by atoms with van der Waals surface area (Å²) in [5, 5.41) is 13.9. The molecule has 0 saturated carbocycles. The number of nitrogen functional groups attached to an aromatic ring is 1. The summed E-state index contributed by atoms with van der Waals surface area (Å²) in [6.45, 7) is 0.994. The summed E-state index contributed by atoms with van der Waals surface area (Å²) in [5.74, 6) is 1.10. The first-order valence-electron chi connectivity index (χ1n) is 17.4. The maximum atomic E-state index is 12.8. The molecule has 0 saturated heterocycles. The van der Waals surface area contributed by atoms with E-state index in [0.29, 0.717) is 30.3 Å². The minimum absolute atomic E-state index is 0.0128. The minimum atomic E-state index is -0.240. The number of nitrogens with one attached hydrogen (secondary N) is 1. The summed E-state index contributed by atoms with van der Waals surface area (Å²) in [6, 6.07) is 26.1. The number of rotatable bonds is 21. The lowest BCUT2D eigenvalue weighted by Crippen LogP contribution is -2.19. The highest BCUT2D eigenvalue weighted by Gasteiger charge is 2.14. The van der Waals surface area contributed by atoms with Gasteiger partial charge in [-0.05, 0) is 122 Å². The zero-order valence-corrected chi connectivity index (χ0v) is 29.0. The Balaban J connectivity index is 1.30. The van der Waals surface area contributed by atoms with Crippen molar-refractivity contribution in [1.29, 1.82) is 0 Å². The Morgan fingerprint density at radius 3 is 2.29 bits per heavy atom. The van der Waals surface area contributed by atoms with Crippen LogP contribution in [0.5, 0.6) is 11.5 Å². The van der Waals surface area contributed by atoms with E-state index < -0.39 is 0 Å². The average Bonchev–Trinajstić information content (AvgIpc) is 3.11. The summed E-state index contributed by atoms with van der Waals surface area (Å²) in [5.41, 5.74) is 12.3. The molecule has 0 unspecified atom stereocenters. The van der Waals surface area contributed by atoms with E-state index in [1.807, 2.05) is 37.4 Å². The van der Waals surface area contributed by atoms with Crippen LogP contribution in [0.1, 0.15) is 78.3 Å². The van der Waals surface area contributed by atoms with Gasteiger partial charge in [-0.15, -0.1) is 0 Å². The first-order chi connectivity index (χ1) is 23.8. The molecule has 258 valence electrons. The highest BCUT2D eigenvalue weighted by molar-refractivity contribution is 6.06. The lowest BCUT2D eigenvalue weighted by molar-refractivity contribution is -0.124. The monoisotopic (exact) mass is 661 g/mol. The number of phenolic OH excluding ortho intramolecular Hbond substituents is 1. The number of aromatic nitrogens is 1. The van der Waals surface area contributed by atoms with E-state index in [-0.39, 0.29) is 23.7 Å². The van der Waals surface area contributed by atoms with E-state index in [1.54, 1.807) is 24.4 Å². The number of ether oxygens (including phenoxy) is 1. The Morgan fingerprint density at radius 1 is 0.878 bits per heavy atom. The second kappa shape index (κ2) is 19.9. The van der Waals surface area contributed by atoms with Gasteiger partial charge in [-0.25, -0.2) is 4.98 Å². The fraction of sp³-hybridized carbons (Fsp3) is 0.357. The molecule has 0 aliphatic heterocycles. The molecular formula is C42H51N3O4. The molecule has 0 radical (unpaired) electrons. The summed E-state index contributed by atoms with van der Waals surface area (Å²) < 4.78 is 5.36. The van der Waals surface area contributed by atoms with Crippen LogP contribution in [0.25, 0.3) is 6.08 Å². The Morgan fingerprint density at radius 2 is 1.59 bits per heavy atom. The molecule has 49 heavy (non-hydrogen) atoms. The highest BCUT2D eigenvalue weighted by Crippen LogP contribution is 2.32. The number of Topliss-reactive ketones (excluding diaryl/α,β-unsaturated/α-hetero) is 1. The van der Waals surface area contributed by atoms with Crippen LogP contribution in [0.2, 0.25) is 0 Å². The minimum Gasteiger partial charge on any atom is -0.504 e. The Kier molecular flexibility index (Phi) is 15.1. The van der Waals surface area contributed by atoms with Crippen LogP contribution in [0.4, 0.5) is 5.82 Å². The van der Waals surface area contributed by atoms with Crippen LogP contribution in [-0.4, -0.2) is 42.4 Å². The molecule has 3 aromatic carbocycles. The number of benzene rings is 3. The number of nitrogens with two attached hydrogens (primary N) is 1. The van der Waals surface area contributed by atoms with Crippen LogP contribution in [-0.2, 0) is 35.3 Å². The third-order valence-electron chi connectivity index (χ3n) is 9.02. The molecule has 0 amide bonds. The molecule has 4 rings (SSSR count). The molecule has 1 heterocycles. The number of ketones is 2. The number of unbranched alkanes of at least 4 members (excludes halogenated alkanes) is 2. The number of pyridine rings is 1. The average molecular weight is 662 g/mol. The van der Waals surface area contributed by atoms with Gasteiger partial charge >= 0.3 is 0 Å². The maximum absolute atomic E-state index is 12.8. The first kappa shape index (κ1) is 37.1. The molecule has 0 aliphatic carbocycles. The first-order valence-corrected chi connectivity index (χ1v) is 17.4. The number of aryl methyl sites for hydroxylation is 3. The molecule has 0 bridgehead atoms. The number of carbonyl (C=O) groups excluding carboxylic acids is 2. The van der Waals surface area contributed by atoms with Gasteiger partial charge in [0.05, 0.1) is 13.5 Å². The normalized spacial score (nSPS) is 11.9. The number of allylic oxidation sites excluding steroid dienone is 1. The molecule has 7 nitrogen and oxygen atoms in total. The van der Waals surface area contributed by atoms with Crippen LogP contribution in [0.15, 0.2) is 91.1 Å². The van der Waals surface area contributed by atoms with Crippen LogP contribution in [0, 0.1) is 5.92 Å². The number of phenols is 1. The van der Waals surface area contributed by atoms with Gasteiger partial charge < -0.3 is 20.9 Å². The number of nitrogens with zero attached hydrogens (tertiary/aromatic N) is 1. The van der Waals surface area contributed by atoms with E-state index in [9.17, 15) is 14.7 Å².